The van der Waals surface area contributed by atoms with Crippen LogP contribution in [0.1, 0.15) is 46.4 Å². The first kappa shape index (κ1) is 22.9. The predicted octanol–water partition coefficient (Wildman–Crippen LogP) is 2.74. The van der Waals surface area contributed by atoms with Crippen LogP contribution in [0.5, 0.6) is 34.5 Å². The quantitative estimate of drug-likeness (QED) is 0.285. The predicted molar refractivity (Wildman–Crippen MR) is 109 cm³/mol. The molecule has 2 aromatic carbocycles. The van der Waals surface area contributed by atoms with E-state index in [-0.39, 0.29) is 36.2 Å². The third-order valence-electron chi connectivity index (χ3n) is 5.48. The van der Waals surface area contributed by atoms with Crippen molar-refractivity contribution in [3.63, 3.8) is 0 Å². The van der Waals surface area contributed by atoms with Gasteiger partial charge >= 0.3 is 11.9 Å². The van der Waals surface area contributed by atoms with Gasteiger partial charge in [-0.25, -0.2) is 9.59 Å². The van der Waals surface area contributed by atoms with Crippen LogP contribution in [-0.4, -0.2) is 55.8 Å². The van der Waals surface area contributed by atoms with Crippen molar-refractivity contribution in [1.29, 1.82) is 0 Å². The van der Waals surface area contributed by atoms with E-state index in [1.807, 2.05) is 0 Å². The Kier molecular flexibility index (Phi) is 6.82. The smallest absolute Gasteiger partial charge is 0.338 e. The molecule has 10 heteroatoms. The molecule has 3 rings (SSSR count). The second-order valence-electron chi connectivity index (χ2n) is 7.81. The molecule has 2 aromatic rings. The molecule has 1 aliphatic carbocycles. The maximum atomic E-state index is 12.1. The summed E-state index contributed by atoms with van der Waals surface area (Å²) in [5.74, 6) is -5.14. The number of rotatable bonds is 6. The molecule has 6 N–H and O–H groups in total. The van der Waals surface area contributed by atoms with Crippen molar-refractivity contribution in [2.24, 2.45) is 11.8 Å². The van der Waals surface area contributed by atoms with Crippen LogP contribution in [0.4, 0.5) is 0 Å². The minimum atomic E-state index is -0.730. The van der Waals surface area contributed by atoms with E-state index in [1.165, 1.54) is 0 Å². The van der Waals surface area contributed by atoms with Crippen LogP contribution in [0, 0.1) is 11.8 Å². The fourth-order valence-corrected chi connectivity index (χ4v) is 3.56. The van der Waals surface area contributed by atoms with Crippen molar-refractivity contribution in [3.05, 3.63) is 35.4 Å². The summed E-state index contributed by atoms with van der Waals surface area (Å²) in [5, 5.41) is 56.6. The van der Waals surface area contributed by atoms with Crippen molar-refractivity contribution < 1.29 is 49.7 Å². The topological polar surface area (TPSA) is 174 Å². The molecule has 0 bridgehead atoms. The molecule has 0 saturated heterocycles. The zero-order valence-electron chi connectivity index (χ0n) is 17.0. The van der Waals surface area contributed by atoms with Crippen LogP contribution in [0.25, 0.3) is 0 Å². The lowest BCUT2D eigenvalue weighted by atomic mass is 9.83. The largest absolute Gasteiger partial charge is 0.504 e. The number of phenols is 6. The molecular weight excluding hydrogens is 424 g/mol. The zero-order chi connectivity index (χ0) is 23.4. The first-order valence-electron chi connectivity index (χ1n) is 9.99. The number of esters is 2. The van der Waals surface area contributed by atoms with Crippen molar-refractivity contribution in [3.8, 4) is 34.5 Å². The second-order valence-corrected chi connectivity index (χ2v) is 7.81. The minimum Gasteiger partial charge on any atom is -0.504 e. The van der Waals surface area contributed by atoms with Crippen LogP contribution >= 0.6 is 0 Å². The Labute approximate surface area is 182 Å². The summed E-state index contributed by atoms with van der Waals surface area (Å²) in [7, 11) is 0. The second kappa shape index (κ2) is 9.54. The van der Waals surface area contributed by atoms with E-state index >= 15 is 0 Å². The van der Waals surface area contributed by atoms with Gasteiger partial charge in [-0.1, -0.05) is 0 Å². The molecule has 0 aliphatic heterocycles. The Morgan fingerprint density at radius 1 is 0.625 bits per heavy atom. The maximum Gasteiger partial charge on any atom is 0.338 e. The summed E-state index contributed by atoms with van der Waals surface area (Å²) < 4.78 is 10.5. The van der Waals surface area contributed by atoms with E-state index in [1.54, 1.807) is 0 Å². The fourth-order valence-electron chi connectivity index (χ4n) is 3.56. The lowest BCUT2D eigenvalue weighted by molar-refractivity contribution is 0.0296. The molecule has 0 amide bonds. The standard InChI is InChI=1S/C22H24O10/c23-15-5-13(6-16(24)19(15)27)21(29)31-9-11-1-2-12(4-3-11)10-32-22(30)14-7-17(25)20(28)18(26)8-14/h5-8,11-12,23-28H,1-4,9-10H2. The Bertz CT molecular complexity index is 880. The first-order chi connectivity index (χ1) is 15.2. The number of ether oxygens (including phenoxy) is 2. The van der Waals surface area contributed by atoms with Gasteiger partial charge in [0.25, 0.3) is 0 Å². The summed E-state index contributed by atoms with van der Waals surface area (Å²) in [4.78, 5) is 24.2. The maximum absolute atomic E-state index is 12.1. The van der Waals surface area contributed by atoms with Gasteiger partial charge in [-0.15, -0.1) is 0 Å². The molecule has 32 heavy (non-hydrogen) atoms. The SMILES string of the molecule is O=C(OCC1CCC(COC(=O)c2cc(O)c(O)c(O)c2)CC1)c1cc(O)c(O)c(O)c1. The molecule has 172 valence electrons. The number of aromatic hydroxyl groups is 6. The highest BCUT2D eigenvalue weighted by atomic mass is 16.5. The lowest BCUT2D eigenvalue weighted by Gasteiger charge is -2.27. The van der Waals surface area contributed by atoms with Gasteiger partial charge in [-0.3, -0.25) is 0 Å². The van der Waals surface area contributed by atoms with Crippen LogP contribution in [0.2, 0.25) is 0 Å². The molecule has 1 fully saturated rings. The first-order valence-corrected chi connectivity index (χ1v) is 9.99. The average Bonchev–Trinajstić information content (AvgIpc) is 2.77. The van der Waals surface area contributed by atoms with Crippen molar-refractivity contribution in [2.75, 3.05) is 13.2 Å². The molecule has 0 aromatic heterocycles. The molecule has 1 aliphatic rings. The van der Waals surface area contributed by atoms with Crippen molar-refractivity contribution >= 4 is 11.9 Å². The van der Waals surface area contributed by atoms with E-state index < -0.39 is 46.4 Å². The molecule has 1 saturated carbocycles. The minimum absolute atomic E-state index is 0.0790. The molecule has 10 nitrogen and oxygen atoms in total. The zero-order valence-corrected chi connectivity index (χ0v) is 17.0. The van der Waals surface area contributed by atoms with Gasteiger partial charge in [0.1, 0.15) is 0 Å². The number of carbonyl (C=O) groups is 2. The molecule has 0 unspecified atom stereocenters. The molecule has 0 spiro atoms. The van der Waals surface area contributed by atoms with Crippen LogP contribution < -0.4 is 0 Å². The Morgan fingerprint density at radius 2 is 0.906 bits per heavy atom. The number of carbonyl (C=O) groups excluding carboxylic acids is 2. The molecule has 0 heterocycles. The monoisotopic (exact) mass is 448 g/mol. The Morgan fingerprint density at radius 3 is 1.19 bits per heavy atom. The lowest BCUT2D eigenvalue weighted by Crippen LogP contribution is -2.24. The summed E-state index contributed by atoms with van der Waals surface area (Å²) in [6, 6.07) is 4.04. The normalized spacial score (nSPS) is 18.1. The summed E-state index contributed by atoms with van der Waals surface area (Å²) in [6.07, 6.45) is 2.95. The van der Waals surface area contributed by atoms with E-state index in [0.717, 1.165) is 49.9 Å². The van der Waals surface area contributed by atoms with Crippen LogP contribution in [0.15, 0.2) is 24.3 Å². The van der Waals surface area contributed by atoms with Gasteiger partial charge in [-0.2, -0.15) is 0 Å². The number of hydrogen-bond donors (Lipinski definition) is 6. The summed E-state index contributed by atoms with van der Waals surface area (Å²) in [5.41, 5.74) is -0.158. The highest BCUT2D eigenvalue weighted by Crippen LogP contribution is 2.37. The van der Waals surface area contributed by atoms with E-state index in [0.29, 0.717) is 0 Å². The van der Waals surface area contributed by atoms with Crippen molar-refractivity contribution in [1.82, 2.24) is 0 Å². The number of phenolic OH excluding ortho intramolecular Hbond substituents is 6. The van der Waals surface area contributed by atoms with Gasteiger partial charge in [0.15, 0.2) is 34.5 Å². The number of benzene rings is 2. The molecule has 0 radical (unpaired) electrons. The third kappa shape index (κ3) is 5.26. The van der Waals surface area contributed by atoms with Gasteiger partial charge in [0.2, 0.25) is 0 Å². The fraction of sp³-hybridized carbons (Fsp3) is 0.364. The van der Waals surface area contributed by atoms with Gasteiger partial charge in [-0.05, 0) is 61.8 Å². The average molecular weight is 448 g/mol. The highest BCUT2D eigenvalue weighted by molar-refractivity contribution is 5.91. The Hall–Kier alpha value is -3.82. The summed E-state index contributed by atoms with van der Waals surface area (Å²) >= 11 is 0. The third-order valence-corrected chi connectivity index (χ3v) is 5.48. The number of hydrogen-bond acceptors (Lipinski definition) is 10. The Balaban J connectivity index is 1.42. The van der Waals surface area contributed by atoms with Crippen LogP contribution in [-0.2, 0) is 9.47 Å². The van der Waals surface area contributed by atoms with Crippen molar-refractivity contribution in [2.45, 2.75) is 25.7 Å². The molecular formula is C22H24O10. The molecule has 0 atom stereocenters. The van der Waals surface area contributed by atoms with Gasteiger partial charge in [0.05, 0.1) is 24.3 Å². The highest BCUT2D eigenvalue weighted by Gasteiger charge is 2.25. The van der Waals surface area contributed by atoms with Crippen LogP contribution in [0.3, 0.4) is 0 Å². The van der Waals surface area contributed by atoms with Gasteiger partial charge in [0, 0.05) is 0 Å². The summed E-state index contributed by atoms with van der Waals surface area (Å²) in [6.45, 7) is 0.305. The van der Waals surface area contributed by atoms with E-state index in [9.17, 15) is 40.2 Å². The van der Waals surface area contributed by atoms with Gasteiger partial charge < -0.3 is 40.1 Å². The van der Waals surface area contributed by atoms with E-state index in [2.05, 4.69) is 0 Å². The van der Waals surface area contributed by atoms with E-state index in [4.69, 9.17) is 9.47 Å².